The van der Waals surface area contributed by atoms with E-state index in [4.69, 9.17) is 0 Å². The van der Waals surface area contributed by atoms with E-state index in [1.807, 2.05) is 0 Å². The van der Waals surface area contributed by atoms with Crippen molar-refractivity contribution in [2.45, 2.75) is 73.1 Å². The molecule has 0 fully saturated rings. The van der Waals surface area contributed by atoms with Gasteiger partial charge >= 0.3 is 0 Å². The first kappa shape index (κ1) is 15.2. The third-order valence-electron chi connectivity index (χ3n) is 4.11. The van der Waals surface area contributed by atoms with E-state index in [2.05, 4.69) is 33.8 Å². The van der Waals surface area contributed by atoms with Crippen molar-refractivity contribution in [2.75, 3.05) is 0 Å². The van der Waals surface area contributed by atoms with Gasteiger partial charge in [0, 0.05) is 0 Å². The van der Waals surface area contributed by atoms with Crippen molar-refractivity contribution in [3.8, 4) is 0 Å². The number of hydrogen-bond donors (Lipinski definition) is 0. The van der Waals surface area contributed by atoms with Gasteiger partial charge in [-0.3, -0.25) is 4.79 Å². The lowest BCUT2D eigenvalue weighted by molar-refractivity contribution is -0.113. The van der Waals surface area contributed by atoms with Crippen molar-refractivity contribution in [3.63, 3.8) is 0 Å². The van der Waals surface area contributed by atoms with E-state index in [9.17, 15) is 4.79 Å². The highest BCUT2D eigenvalue weighted by molar-refractivity contribution is 5.93. The first-order chi connectivity index (χ1) is 8.38. The lowest BCUT2D eigenvalue weighted by atomic mass is 9.72. The molecule has 0 unspecified atom stereocenters. The van der Waals surface area contributed by atoms with E-state index >= 15 is 0 Å². The molecule has 1 nitrogen and oxygen atoms in total. The summed E-state index contributed by atoms with van der Waals surface area (Å²) in [4.78, 5) is 11.8. The molecule has 0 atom stereocenters. The van der Waals surface area contributed by atoms with Crippen LogP contribution in [0.5, 0.6) is 0 Å². The molecule has 0 amide bonds. The van der Waals surface area contributed by atoms with Crippen LogP contribution in [-0.4, -0.2) is 5.78 Å². The number of ketones is 1. The topological polar surface area (TPSA) is 17.1 Å². The molecule has 0 saturated heterocycles. The van der Waals surface area contributed by atoms with Gasteiger partial charge in [0.15, 0.2) is 5.78 Å². The molecular formula is C17H28O. The smallest absolute Gasteiger partial charge is 0.155 e. The SMILES string of the molecule is CCCC/C(=C\C1=C(C)CCCC1(C)C)C(C)=O. The number of carbonyl (C=O) groups excluding carboxylic acids is 1. The number of allylic oxidation sites excluding steroid dienone is 4. The number of unbranched alkanes of at least 4 members (excludes halogenated alkanes) is 1. The summed E-state index contributed by atoms with van der Waals surface area (Å²) in [5, 5.41) is 0. The Hall–Kier alpha value is -0.850. The Morgan fingerprint density at radius 3 is 2.56 bits per heavy atom. The Labute approximate surface area is 112 Å². The van der Waals surface area contributed by atoms with Gasteiger partial charge in [0.25, 0.3) is 0 Å². The van der Waals surface area contributed by atoms with Gasteiger partial charge in [-0.1, -0.05) is 38.8 Å². The maximum Gasteiger partial charge on any atom is 0.155 e. The Morgan fingerprint density at radius 2 is 2.06 bits per heavy atom. The van der Waals surface area contributed by atoms with Crippen molar-refractivity contribution in [3.05, 3.63) is 22.8 Å². The summed E-state index contributed by atoms with van der Waals surface area (Å²) in [6, 6.07) is 0. The standard InChI is InChI=1S/C17H28O/c1-6-7-10-15(14(3)18)12-16-13(2)9-8-11-17(16,4)5/h12H,6-11H2,1-5H3/b15-12+. The maximum atomic E-state index is 11.8. The summed E-state index contributed by atoms with van der Waals surface area (Å²) in [5.41, 5.74) is 4.13. The first-order valence-electron chi connectivity index (χ1n) is 7.30. The van der Waals surface area contributed by atoms with Gasteiger partial charge in [0.1, 0.15) is 0 Å². The van der Waals surface area contributed by atoms with Gasteiger partial charge in [-0.2, -0.15) is 0 Å². The van der Waals surface area contributed by atoms with Crippen molar-refractivity contribution < 1.29 is 4.79 Å². The molecule has 0 aromatic carbocycles. The summed E-state index contributed by atoms with van der Waals surface area (Å²) in [6.07, 6.45) is 9.08. The molecular weight excluding hydrogens is 220 g/mol. The van der Waals surface area contributed by atoms with Crippen LogP contribution in [0.1, 0.15) is 73.1 Å². The molecule has 0 N–H and O–H groups in total. The molecule has 0 aromatic rings. The molecule has 0 radical (unpaired) electrons. The molecule has 0 spiro atoms. The highest BCUT2D eigenvalue weighted by Gasteiger charge is 2.27. The summed E-state index contributed by atoms with van der Waals surface area (Å²) in [7, 11) is 0. The number of Topliss-reactive ketones (excluding diaryl/α,β-unsaturated/α-hetero) is 1. The largest absolute Gasteiger partial charge is 0.295 e. The minimum Gasteiger partial charge on any atom is -0.295 e. The lowest BCUT2D eigenvalue weighted by Crippen LogP contribution is -2.20. The maximum absolute atomic E-state index is 11.8. The Morgan fingerprint density at radius 1 is 1.39 bits per heavy atom. The molecule has 0 heterocycles. The summed E-state index contributed by atoms with van der Waals surface area (Å²) in [5.74, 6) is 0.241. The minimum atomic E-state index is 0.231. The second-order valence-corrected chi connectivity index (χ2v) is 6.26. The third-order valence-corrected chi connectivity index (χ3v) is 4.11. The molecule has 1 aliphatic carbocycles. The highest BCUT2D eigenvalue weighted by atomic mass is 16.1. The van der Waals surface area contributed by atoms with Crippen LogP contribution in [-0.2, 0) is 4.79 Å². The molecule has 0 bridgehead atoms. The molecule has 1 heteroatoms. The number of rotatable bonds is 5. The monoisotopic (exact) mass is 248 g/mol. The van der Waals surface area contributed by atoms with Crippen molar-refractivity contribution in [1.29, 1.82) is 0 Å². The fraction of sp³-hybridized carbons (Fsp3) is 0.706. The summed E-state index contributed by atoms with van der Waals surface area (Å²) >= 11 is 0. The Bertz CT molecular complexity index is 369. The third kappa shape index (κ3) is 3.83. The second-order valence-electron chi connectivity index (χ2n) is 6.26. The normalized spacial score (nSPS) is 20.2. The van der Waals surface area contributed by atoms with Crippen LogP contribution in [0, 0.1) is 5.41 Å². The average Bonchev–Trinajstić information content (AvgIpc) is 2.26. The van der Waals surface area contributed by atoms with Crippen molar-refractivity contribution in [2.24, 2.45) is 5.41 Å². The molecule has 0 aromatic heterocycles. The molecule has 18 heavy (non-hydrogen) atoms. The van der Waals surface area contributed by atoms with Gasteiger partial charge in [-0.25, -0.2) is 0 Å². The van der Waals surface area contributed by atoms with Crippen LogP contribution in [0.2, 0.25) is 0 Å². The van der Waals surface area contributed by atoms with Gasteiger partial charge in [0.2, 0.25) is 0 Å². The van der Waals surface area contributed by atoms with Crippen LogP contribution in [0.25, 0.3) is 0 Å². The van der Waals surface area contributed by atoms with Crippen LogP contribution < -0.4 is 0 Å². The zero-order chi connectivity index (χ0) is 13.8. The lowest BCUT2D eigenvalue weighted by Gasteiger charge is -2.33. The Balaban J connectivity index is 3.05. The molecule has 1 aliphatic rings. The fourth-order valence-corrected chi connectivity index (χ4v) is 2.85. The highest BCUT2D eigenvalue weighted by Crippen LogP contribution is 2.41. The zero-order valence-electron chi connectivity index (χ0n) is 12.7. The van der Waals surface area contributed by atoms with Gasteiger partial charge in [-0.05, 0) is 62.5 Å². The van der Waals surface area contributed by atoms with Crippen LogP contribution in [0.15, 0.2) is 22.8 Å². The van der Waals surface area contributed by atoms with Gasteiger partial charge in [-0.15, -0.1) is 0 Å². The zero-order valence-corrected chi connectivity index (χ0v) is 12.7. The number of carbonyl (C=O) groups is 1. The van der Waals surface area contributed by atoms with E-state index in [0.29, 0.717) is 0 Å². The van der Waals surface area contributed by atoms with Crippen molar-refractivity contribution in [1.82, 2.24) is 0 Å². The predicted molar refractivity (Wildman–Crippen MR) is 78.6 cm³/mol. The molecule has 1 rings (SSSR count). The van der Waals surface area contributed by atoms with Crippen LogP contribution >= 0.6 is 0 Å². The van der Waals surface area contributed by atoms with Crippen LogP contribution in [0.4, 0.5) is 0 Å². The van der Waals surface area contributed by atoms with Crippen LogP contribution in [0.3, 0.4) is 0 Å². The molecule has 0 saturated carbocycles. The van der Waals surface area contributed by atoms with E-state index in [1.54, 1.807) is 6.92 Å². The van der Waals surface area contributed by atoms with Gasteiger partial charge < -0.3 is 0 Å². The van der Waals surface area contributed by atoms with E-state index in [0.717, 1.165) is 24.8 Å². The minimum absolute atomic E-state index is 0.231. The second kappa shape index (κ2) is 6.36. The quantitative estimate of drug-likeness (QED) is 0.610. The summed E-state index contributed by atoms with van der Waals surface area (Å²) < 4.78 is 0. The van der Waals surface area contributed by atoms with E-state index in [1.165, 1.54) is 30.4 Å². The van der Waals surface area contributed by atoms with Gasteiger partial charge in [0.05, 0.1) is 0 Å². The predicted octanol–water partition coefficient (Wildman–Crippen LogP) is 5.22. The number of hydrogen-bond acceptors (Lipinski definition) is 1. The van der Waals surface area contributed by atoms with Crippen molar-refractivity contribution >= 4 is 5.78 Å². The average molecular weight is 248 g/mol. The van der Waals surface area contributed by atoms with E-state index < -0.39 is 0 Å². The first-order valence-corrected chi connectivity index (χ1v) is 7.30. The molecule has 102 valence electrons. The Kier molecular flexibility index (Phi) is 5.37. The summed E-state index contributed by atoms with van der Waals surface area (Å²) in [6.45, 7) is 10.7. The molecule has 0 aliphatic heterocycles. The fourth-order valence-electron chi connectivity index (χ4n) is 2.85. The van der Waals surface area contributed by atoms with E-state index in [-0.39, 0.29) is 11.2 Å².